The molecule has 1 aromatic carbocycles. The Hall–Kier alpha value is -2.47. The van der Waals surface area contributed by atoms with E-state index in [1.54, 1.807) is 32.1 Å². The second-order valence-corrected chi connectivity index (χ2v) is 7.59. The van der Waals surface area contributed by atoms with Crippen LogP contribution in [0.5, 0.6) is 0 Å². The Morgan fingerprint density at radius 2 is 2.00 bits per heavy atom. The predicted octanol–water partition coefficient (Wildman–Crippen LogP) is 1.65. The van der Waals surface area contributed by atoms with E-state index in [0.717, 1.165) is 37.0 Å². The van der Waals surface area contributed by atoms with Crippen molar-refractivity contribution in [1.29, 1.82) is 0 Å². The molecule has 1 saturated heterocycles. The molecule has 0 spiro atoms. The van der Waals surface area contributed by atoms with Crippen LogP contribution in [-0.2, 0) is 16.0 Å². The number of carbonyl (C=O) groups excluding carboxylic acids is 2. The maximum atomic E-state index is 12.1. The molecule has 2 heterocycles. The monoisotopic (exact) mass is 368 g/mol. The molecule has 1 atom stereocenters. The summed E-state index contributed by atoms with van der Waals surface area (Å²) in [5.41, 5.74) is 2.23. The first kappa shape index (κ1) is 19.3. The fraction of sp³-hybridized carbons (Fsp3) is 0.476. The third-order valence-electron chi connectivity index (χ3n) is 5.18. The normalized spacial score (nSPS) is 18.3. The highest BCUT2D eigenvalue weighted by molar-refractivity contribution is 5.79. The van der Waals surface area contributed by atoms with Crippen LogP contribution in [0.4, 0.5) is 0 Å². The lowest BCUT2D eigenvalue weighted by atomic mass is 9.97. The molecular formula is C21H28N4O2. The van der Waals surface area contributed by atoms with Gasteiger partial charge in [0.05, 0.1) is 12.1 Å². The molecule has 3 rings (SSSR count). The molecule has 1 aliphatic rings. The van der Waals surface area contributed by atoms with E-state index in [-0.39, 0.29) is 11.8 Å². The molecule has 0 saturated carbocycles. The number of hydrogen-bond donors (Lipinski definition) is 0. The van der Waals surface area contributed by atoms with E-state index in [9.17, 15) is 9.59 Å². The zero-order valence-electron chi connectivity index (χ0n) is 16.4. The van der Waals surface area contributed by atoms with Crippen LogP contribution in [0.25, 0.3) is 10.9 Å². The third kappa shape index (κ3) is 5.04. The summed E-state index contributed by atoms with van der Waals surface area (Å²) in [4.78, 5) is 34.2. The first-order valence-corrected chi connectivity index (χ1v) is 9.44. The second-order valence-electron chi connectivity index (χ2n) is 7.59. The Kier molecular flexibility index (Phi) is 6.06. The van der Waals surface area contributed by atoms with Crippen molar-refractivity contribution in [3.63, 3.8) is 0 Å². The lowest BCUT2D eigenvalue weighted by Gasteiger charge is -2.25. The van der Waals surface area contributed by atoms with Crippen molar-refractivity contribution < 1.29 is 9.59 Å². The quantitative estimate of drug-likeness (QED) is 0.823. The number of pyridine rings is 1. The van der Waals surface area contributed by atoms with Gasteiger partial charge in [0.1, 0.15) is 0 Å². The van der Waals surface area contributed by atoms with Crippen LogP contribution in [0, 0.1) is 5.92 Å². The van der Waals surface area contributed by atoms with Gasteiger partial charge in [-0.15, -0.1) is 0 Å². The first-order valence-electron chi connectivity index (χ1n) is 9.44. The Bertz CT molecular complexity index is 821. The van der Waals surface area contributed by atoms with Gasteiger partial charge in [0.2, 0.25) is 11.8 Å². The van der Waals surface area contributed by atoms with E-state index in [2.05, 4.69) is 34.1 Å². The number of fused-ring (bicyclic) bond motifs is 1. The van der Waals surface area contributed by atoms with Gasteiger partial charge >= 0.3 is 0 Å². The van der Waals surface area contributed by atoms with E-state index >= 15 is 0 Å². The van der Waals surface area contributed by atoms with Gasteiger partial charge in [-0.1, -0.05) is 12.1 Å². The fourth-order valence-corrected chi connectivity index (χ4v) is 3.66. The highest BCUT2D eigenvalue weighted by Crippen LogP contribution is 2.19. The van der Waals surface area contributed by atoms with Gasteiger partial charge in [-0.05, 0) is 36.1 Å². The average molecular weight is 368 g/mol. The lowest BCUT2D eigenvalue weighted by molar-refractivity contribution is -0.130. The Morgan fingerprint density at radius 1 is 1.19 bits per heavy atom. The maximum absolute atomic E-state index is 12.1. The molecule has 0 bridgehead atoms. The lowest BCUT2D eigenvalue weighted by Crippen LogP contribution is -2.40. The van der Waals surface area contributed by atoms with Crippen LogP contribution in [0.2, 0.25) is 0 Å². The number of nitrogens with zero attached hydrogens (tertiary/aromatic N) is 4. The molecule has 2 amide bonds. The summed E-state index contributed by atoms with van der Waals surface area (Å²) >= 11 is 0. The van der Waals surface area contributed by atoms with Crippen molar-refractivity contribution in [2.75, 3.05) is 46.8 Å². The van der Waals surface area contributed by atoms with Gasteiger partial charge < -0.3 is 9.80 Å². The summed E-state index contributed by atoms with van der Waals surface area (Å²) in [5.74, 6) is 0.491. The zero-order valence-corrected chi connectivity index (χ0v) is 16.4. The maximum Gasteiger partial charge on any atom is 0.236 e. The summed E-state index contributed by atoms with van der Waals surface area (Å²) in [6, 6.07) is 10.4. The van der Waals surface area contributed by atoms with Crippen LogP contribution < -0.4 is 0 Å². The van der Waals surface area contributed by atoms with Gasteiger partial charge in [0, 0.05) is 58.8 Å². The standard InChI is InChI=1S/C21H28N4O2/c1-16(26)25-10-9-24(15-21(27)23(2)3)13-18(14-25)11-17-6-7-20-19(12-17)5-4-8-22-20/h4-8,12,18H,9-11,13-15H2,1-3H3/t18-/m1/s1. The van der Waals surface area contributed by atoms with E-state index in [0.29, 0.717) is 19.0 Å². The molecule has 0 unspecified atom stereocenters. The Balaban J connectivity index is 1.76. The van der Waals surface area contributed by atoms with Gasteiger partial charge in [-0.3, -0.25) is 19.5 Å². The summed E-state index contributed by atoms with van der Waals surface area (Å²) in [6.45, 7) is 4.98. The Morgan fingerprint density at radius 3 is 2.74 bits per heavy atom. The number of hydrogen-bond acceptors (Lipinski definition) is 4. The highest BCUT2D eigenvalue weighted by Gasteiger charge is 2.26. The molecule has 2 aromatic rings. The first-order chi connectivity index (χ1) is 12.9. The number of carbonyl (C=O) groups is 2. The molecule has 144 valence electrons. The Labute approximate surface area is 160 Å². The average Bonchev–Trinajstić information content (AvgIpc) is 2.83. The van der Waals surface area contributed by atoms with Crippen molar-refractivity contribution in [2.45, 2.75) is 13.3 Å². The molecule has 0 radical (unpaired) electrons. The van der Waals surface area contributed by atoms with Crippen molar-refractivity contribution in [1.82, 2.24) is 19.7 Å². The topological polar surface area (TPSA) is 56.8 Å². The van der Waals surface area contributed by atoms with E-state index in [1.807, 2.05) is 11.0 Å². The molecule has 27 heavy (non-hydrogen) atoms. The van der Waals surface area contributed by atoms with Crippen molar-refractivity contribution >= 4 is 22.7 Å². The van der Waals surface area contributed by atoms with E-state index in [4.69, 9.17) is 0 Å². The fourth-order valence-electron chi connectivity index (χ4n) is 3.66. The summed E-state index contributed by atoms with van der Waals surface area (Å²) in [5, 5.41) is 1.13. The summed E-state index contributed by atoms with van der Waals surface area (Å²) in [7, 11) is 3.56. The molecule has 6 nitrogen and oxygen atoms in total. The summed E-state index contributed by atoms with van der Waals surface area (Å²) < 4.78 is 0. The largest absolute Gasteiger partial charge is 0.348 e. The smallest absolute Gasteiger partial charge is 0.236 e. The van der Waals surface area contributed by atoms with Crippen LogP contribution in [-0.4, -0.2) is 78.3 Å². The van der Waals surface area contributed by atoms with Crippen LogP contribution in [0.15, 0.2) is 36.5 Å². The predicted molar refractivity (Wildman–Crippen MR) is 106 cm³/mol. The summed E-state index contributed by atoms with van der Waals surface area (Å²) in [6.07, 6.45) is 2.68. The van der Waals surface area contributed by atoms with Crippen molar-refractivity contribution in [3.8, 4) is 0 Å². The zero-order chi connectivity index (χ0) is 19.4. The molecule has 1 fully saturated rings. The van der Waals surface area contributed by atoms with Gasteiger partial charge in [0.25, 0.3) is 0 Å². The van der Waals surface area contributed by atoms with Crippen LogP contribution in [0.1, 0.15) is 12.5 Å². The van der Waals surface area contributed by atoms with Gasteiger partial charge in [-0.2, -0.15) is 0 Å². The van der Waals surface area contributed by atoms with Crippen molar-refractivity contribution in [3.05, 3.63) is 42.1 Å². The highest BCUT2D eigenvalue weighted by atomic mass is 16.2. The molecule has 0 aliphatic carbocycles. The number of aromatic nitrogens is 1. The number of amides is 2. The molecule has 0 N–H and O–H groups in total. The van der Waals surface area contributed by atoms with Gasteiger partial charge in [-0.25, -0.2) is 0 Å². The van der Waals surface area contributed by atoms with Crippen molar-refractivity contribution in [2.24, 2.45) is 5.92 Å². The molecular weight excluding hydrogens is 340 g/mol. The number of rotatable bonds is 4. The number of benzene rings is 1. The SMILES string of the molecule is CC(=O)N1CCN(CC(=O)N(C)C)C[C@@H](Cc2ccc3ncccc3c2)C1. The molecule has 1 aliphatic heterocycles. The third-order valence-corrected chi connectivity index (χ3v) is 5.18. The van der Waals surface area contributed by atoms with Crippen LogP contribution >= 0.6 is 0 Å². The second kappa shape index (κ2) is 8.48. The number of likely N-dealkylation sites (N-methyl/N-ethyl adjacent to an activating group) is 1. The minimum Gasteiger partial charge on any atom is -0.348 e. The molecule has 6 heteroatoms. The minimum absolute atomic E-state index is 0.0989. The molecule has 1 aromatic heterocycles. The van der Waals surface area contributed by atoms with Gasteiger partial charge in [0.15, 0.2) is 0 Å². The van der Waals surface area contributed by atoms with E-state index < -0.39 is 0 Å². The minimum atomic E-state index is 0.0989. The van der Waals surface area contributed by atoms with E-state index in [1.165, 1.54) is 5.56 Å². The van der Waals surface area contributed by atoms with Crippen LogP contribution in [0.3, 0.4) is 0 Å².